The van der Waals surface area contributed by atoms with Crippen LogP contribution in [0.1, 0.15) is 25.8 Å². The molecule has 1 aromatic heterocycles. The van der Waals surface area contributed by atoms with Crippen LogP contribution in [0.2, 0.25) is 0 Å². The molecule has 0 radical (unpaired) electrons. The Morgan fingerprint density at radius 3 is 2.54 bits per heavy atom. The zero-order valence-electron chi connectivity index (χ0n) is 13.1. The van der Waals surface area contributed by atoms with Crippen molar-refractivity contribution in [1.29, 1.82) is 0 Å². The molecule has 0 saturated heterocycles. The third kappa shape index (κ3) is 4.73. The van der Waals surface area contributed by atoms with Gasteiger partial charge in [0, 0.05) is 17.7 Å². The maximum Gasteiger partial charge on any atom is 0.331 e. The van der Waals surface area contributed by atoms with Crippen LogP contribution in [0.5, 0.6) is 0 Å². The molecule has 0 spiro atoms. The molecule has 7 nitrogen and oxygen atoms in total. The number of esters is 2. The second-order valence-electron chi connectivity index (χ2n) is 4.62. The lowest BCUT2D eigenvalue weighted by molar-refractivity contribution is -0.144. The van der Waals surface area contributed by atoms with Crippen molar-refractivity contribution in [1.82, 2.24) is 10.2 Å². The maximum absolute atomic E-state index is 12.9. The Morgan fingerprint density at radius 1 is 1.21 bits per heavy atom. The summed E-state index contributed by atoms with van der Waals surface area (Å²) in [5.41, 5.74) is 0.538. The lowest BCUT2D eigenvalue weighted by Gasteiger charge is -2.06. The summed E-state index contributed by atoms with van der Waals surface area (Å²) in [5.74, 6) is -1.52. The Labute approximate surface area is 137 Å². The molecular formula is C16H15FN2O5. The molecule has 0 unspecified atom stereocenters. The van der Waals surface area contributed by atoms with Crippen molar-refractivity contribution in [2.75, 3.05) is 6.61 Å². The summed E-state index contributed by atoms with van der Waals surface area (Å²) in [4.78, 5) is 22.7. The van der Waals surface area contributed by atoms with Crippen molar-refractivity contribution in [2.45, 2.75) is 20.0 Å². The number of hydrogen-bond donors (Lipinski definition) is 0. The fourth-order valence-corrected chi connectivity index (χ4v) is 1.70. The highest BCUT2D eigenvalue weighted by molar-refractivity contribution is 5.91. The molecular weight excluding hydrogens is 319 g/mol. The van der Waals surface area contributed by atoms with Gasteiger partial charge in [0.15, 0.2) is 6.10 Å². The van der Waals surface area contributed by atoms with Crippen molar-refractivity contribution in [2.24, 2.45) is 0 Å². The van der Waals surface area contributed by atoms with E-state index in [9.17, 15) is 14.0 Å². The van der Waals surface area contributed by atoms with E-state index >= 15 is 0 Å². The molecule has 126 valence electrons. The number of rotatable bonds is 6. The molecule has 1 aromatic carbocycles. The van der Waals surface area contributed by atoms with Crippen molar-refractivity contribution in [3.05, 3.63) is 48.1 Å². The van der Waals surface area contributed by atoms with E-state index in [1.54, 1.807) is 6.92 Å². The van der Waals surface area contributed by atoms with Crippen LogP contribution in [0.15, 0.2) is 40.8 Å². The molecule has 1 heterocycles. The number of hydrogen-bond acceptors (Lipinski definition) is 7. The van der Waals surface area contributed by atoms with Crippen molar-refractivity contribution >= 4 is 11.9 Å². The van der Waals surface area contributed by atoms with Gasteiger partial charge in [-0.1, -0.05) is 0 Å². The minimum absolute atomic E-state index is 0.0761. The van der Waals surface area contributed by atoms with Crippen LogP contribution in [0, 0.1) is 5.82 Å². The van der Waals surface area contributed by atoms with Crippen LogP contribution in [-0.4, -0.2) is 28.7 Å². The number of benzene rings is 1. The first-order valence-electron chi connectivity index (χ1n) is 7.14. The lowest BCUT2D eigenvalue weighted by atomic mass is 10.2. The molecule has 0 aliphatic rings. The number of carbonyl (C=O) groups excluding carboxylic acids is 2. The SMILES string of the molecule is CCOC(=O)/C=C/C(=O)O[C@@H](C)c1nnc(-c2ccc(F)cc2)o1. The highest BCUT2D eigenvalue weighted by atomic mass is 19.1. The number of nitrogens with zero attached hydrogens (tertiary/aromatic N) is 2. The predicted molar refractivity (Wildman–Crippen MR) is 80.0 cm³/mol. The average molecular weight is 334 g/mol. The highest BCUT2D eigenvalue weighted by Crippen LogP contribution is 2.22. The molecule has 2 rings (SSSR count). The van der Waals surface area contributed by atoms with E-state index in [2.05, 4.69) is 14.9 Å². The third-order valence-electron chi connectivity index (χ3n) is 2.81. The molecule has 0 amide bonds. The van der Waals surface area contributed by atoms with Crippen LogP contribution in [0.3, 0.4) is 0 Å². The van der Waals surface area contributed by atoms with E-state index in [0.717, 1.165) is 12.2 Å². The van der Waals surface area contributed by atoms with Gasteiger partial charge >= 0.3 is 11.9 Å². The minimum Gasteiger partial charge on any atom is -0.463 e. The summed E-state index contributed by atoms with van der Waals surface area (Å²) < 4.78 is 28.0. The molecule has 0 aliphatic carbocycles. The molecule has 8 heteroatoms. The van der Waals surface area contributed by atoms with Gasteiger partial charge in [-0.25, -0.2) is 14.0 Å². The lowest BCUT2D eigenvalue weighted by Crippen LogP contribution is -2.08. The summed E-state index contributed by atoms with van der Waals surface area (Å²) in [5, 5.41) is 7.61. The van der Waals surface area contributed by atoms with E-state index in [1.165, 1.54) is 31.2 Å². The van der Waals surface area contributed by atoms with Gasteiger partial charge in [-0.3, -0.25) is 0 Å². The van der Waals surface area contributed by atoms with Crippen LogP contribution in [0.4, 0.5) is 4.39 Å². The standard InChI is InChI=1S/C16H15FN2O5/c1-3-22-13(20)8-9-14(21)23-10(2)15-18-19-16(24-15)11-4-6-12(17)7-5-11/h4-10H,3H2,1-2H3/b9-8+/t10-/m0/s1. The monoisotopic (exact) mass is 334 g/mol. The number of aromatic nitrogens is 2. The summed E-state index contributed by atoms with van der Waals surface area (Å²) in [6.07, 6.45) is 1.10. The van der Waals surface area contributed by atoms with Gasteiger partial charge in [0.25, 0.3) is 5.89 Å². The van der Waals surface area contributed by atoms with Gasteiger partial charge in [-0.2, -0.15) is 0 Å². The number of ether oxygens (including phenoxy) is 2. The number of carbonyl (C=O) groups is 2. The van der Waals surface area contributed by atoms with E-state index < -0.39 is 18.0 Å². The smallest absolute Gasteiger partial charge is 0.331 e. The van der Waals surface area contributed by atoms with Gasteiger partial charge in [0.05, 0.1) is 6.61 Å². The Hall–Kier alpha value is -3.03. The molecule has 0 fully saturated rings. The Kier molecular flexibility index (Phi) is 5.78. The van der Waals surface area contributed by atoms with Crippen LogP contribution in [-0.2, 0) is 19.1 Å². The second kappa shape index (κ2) is 8.00. The van der Waals surface area contributed by atoms with Gasteiger partial charge in [-0.05, 0) is 38.1 Å². The maximum atomic E-state index is 12.9. The van der Waals surface area contributed by atoms with Gasteiger partial charge in [0.2, 0.25) is 5.89 Å². The first-order valence-corrected chi connectivity index (χ1v) is 7.14. The second-order valence-corrected chi connectivity index (χ2v) is 4.62. The van der Waals surface area contributed by atoms with Crippen molar-refractivity contribution in [3.8, 4) is 11.5 Å². The molecule has 0 aliphatic heterocycles. The van der Waals surface area contributed by atoms with Crippen LogP contribution >= 0.6 is 0 Å². The highest BCUT2D eigenvalue weighted by Gasteiger charge is 2.18. The predicted octanol–water partition coefficient (Wildman–Crippen LogP) is 2.60. The molecule has 0 bridgehead atoms. The molecule has 0 N–H and O–H groups in total. The minimum atomic E-state index is -0.814. The van der Waals surface area contributed by atoms with Crippen LogP contribution in [0.25, 0.3) is 11.5 Å². The fourth-order valence-electron chi connectivity index (χ4n) is 1.70. The molecule has 1 atom stereocenters. The van der Waals surface area contributed by atoms with Crippen molar-refractivity contribution < 1.29 is 27.9 Å². The van der Waals surface area contributed by atoms with Crippen molar-refractivity contribution in [3.63, 3.8) is 0 Å². The summed E-state index contributed by atoms with van der Waals surface area (Å²) in [6.45, 7) is 3.40. The Bertz CT molecular complexity index is 739. The third-order valence-corrected chi connectivity index (χ3v) is 2.81. The summed E-state index contributed by atoms with van der Waals surface area (Å²) in [7, 11) is 0. The van der Waals surface area contributed by atoms with Gasteiger partial charge in [-0.15, -0.1) is 10.2 Å². The topological polar surface area (TPSA) is 91.5 Å². The van der Waals surface area contributed by atoms with E-state index in [-0.39, 0.29) is 24.2 Å². The zero-order valence-corrected chi connectivity index (χ0v) is 13.1. The molecule has 24 heavy (non-hydrogen) atoms. The molecule has 2 aromatic rings. The quantitative estimate of drug-likeness (QED) is 0.592. The Balaban J connectivity index is 1.98. The van der Waals surface area contributed by atoms with E-state index in [4.69, 9.17) is 9.15 Å². The van der Waals surface area contributed by atoms with Gasteiger partial charge < -0.3 is 13.9 Å². The summed E-state index contributed by atoms with van der Waals surface area (Å²) in [6, 6.07) is 5.52. The first-order chi connectivity index (χ1) is 11.5. The molecule has 0 saturated carbocycles. The number of halogens is 1. The van der Waals surface area contributed by atoms with E-state index in [0.29, 0.717) is 5.56 Å². The Morgan fingerprint density at radius 2 is 1.88 bits per heavy atom. The average Bonchev–Trinajstić information content (AvgIpc) is 3.04. The summed E-state index contributed by atoms with van der Waals surface area (Å²) >= 11 is 0. The van der Waals surface area contributed by atoms with Crippen LogP contribution < -0.4 is 0 Å². The fraction of sp³-hybridized carbons (Fsp3) is 0.250. The zero-order chi connectivity index (χ0) is 17.5. The first kappa shape index (κ1) is 17.3. The van der Waals surface area contributed by atoms with Gasteiger partial charge in [0.1, 0.15) is 5.82 Å². The largest absolute Gasteiger partial charge is 0.463 e. The normalized spacial score (nSPS) is 12.1. The van der Waals surface area contributed by atoms with E-state index in [1.807, 2.05) is 0 Å².